The number of hydrogen-bond donors (Lipinski definition) is 2. The minimum Gasteiger partial charge on any atom is -0.492 e. The van der Waals surface area contributed by atoms with Gasteiger partial charge in [-0.3, -0.25) is 4.98 Å². The van der Waals surface area contributed by atoms with Crippen LogP contribution in [-0.2, 0) is 6.42 Å². The first-order chi connectivity index (χ1) is 13.7. The molecule has 0 spiro atoms. The molecule has 0 radical (unpaired) electrons. The third-order valence-electron chi connectivity index (χ3n) is 4.77. The summed E-state index contributed by atoms with van der Waals surface area (Å²) in [5, 5.41) is 9.84. The standard InChI is InChI=1S/C20H16F3NO5/c1-10-8-13(29-20(21,22)23)4-7-16(10)27-12-3-6-14-11(9-12)2-5-15(14)17-18(25)24-19(26)28-17/h3-4,6-9,15,25H,2,5H2,1H3,(H,24,26)/t15-/m1/s1. The van der Waals surface area contributed by atoms with Gasteiger partial charge in [0.05, 0.1) is 0 Å². The highest BCUT2D eigenvalue weighted by molar-refractivity contribution is 5.48. The molecule has 6 nitrogen and oxygen atoms in total. The van der Waals surface area contributed by atoms with Crippen LogP contribution in [0.3, 0.4) is 0 Å². The van der Waals surface area contributed by atoms with Crippen LogP contribution in [0.15, 0.2) is 45.6 Å². The number of aromatic nitrogens is 1. The predicted octanol–water partition coefficient (Wildman–Crippen LogP) is 4.75. The summed E-state index contributed by atoms with van der Waals surface area (Å²) in [6, 6.07) is 9.23. The van der Waals surface area contributed by atoms with Crippen LogP contribution in [-0.4, -0.2) is 16.5 Å². The van der Waals surface area contributed by atoms with Gasteiger partial charge in [-0.05, 0) is 66.8 Å². The highest BCUT2D eigenvalue weighted by atomic mass is 19.4. The molecule has 29 heavy (non-hydrogen) atoms. The number of aromatic hydroxyl groups is 1. The minimum atomic E-state index is -4.75. The molecule has 1 aliphatic rings. The fourth-order valence-corrected chi connectivity index (χ4v) is 3.56. The number of benzene rings is 2. The van der Waals surface area contributed by atoms with Gasteiger partial charge in [-0.15, -0.1) is 13.2 Å². The van der Waals surface area contributed by atoms with E-state index in [4.69, 9.17) is 9.15 Å². The van der Waals surface area contributed by atoms with Gasteiger partial charge in [0.1, 0.15) is 17.2 Å². The van der Waals surface area contributed by atoms with Crippen LogP contribution in [0.5, 0.6) is 23.1 Å². The van der Waals surface area contributed by atoms with E-state index in [0.717, 1.165) is 11.1 Å². The Morgan fingerprint density at radius 2 is 1.93 bits per heavy atom. The molecule has 0 bridgehead atoms. The molecular formula is C20H16F3NO5. The van der Waals surface area contributed by atoms with E-state index in [2.05, 4.69) is 9.72 Å². The van der Waals surface area contributed by atoms with Crippen LogP contribution in [0.1, 0.15) is 34.8 Å². The second-order valence-electron chi connectivity index (χ2n) is 6.76. The molecule has 2 aromatic carbocycles. The van der Waals surface area contributed by atoms with Gasteiger partial charge in [-0.1, -0.05) is 6.07 Å². The lowest BCUT2D eigenvalue weighted by Gasteiger charge is -2.14. The van der Waals surface area contributed by atoms with Crippen molar-refractivity contribution in [1.82, 2.24) is 4.98 Å². The first-order valence-electron chi connectivity index (χ1n) is 8.78. The summed E-state index contributed by atoms with van der Waals surface area (Å²) in [4.78, 5) is 13.5. The van der Waals surface area contributed by atoms with E-state index in [9.17, 15) is 23.1 Å². The molecule has 0 unspecified atom stereocenters. The molecule has 4 rings (SSSR count). The van der Waals surface area contributed by atoms with Crippen LogP contribution in [0, 0.1) is 6.92 Å². The summed E-state index contributed by atoms with van der Waals surface area (Å²) in [5.41, 5.74) is 2.38. The number of ether oxygens (including phenoxy) is 2. The van der Waals surface area contributed by atoms with Crippen LogP contribution >= 0.6 is 0 Å². The smallest absolute Gasteiger partial charge is 0.492 e. The number of aromatic amines is 1. The van der Waals surface area contributed by atoms with Crippen LogP contribution in [0.2, 0.25) is 0 Å². The van der Waals surface area contributed by atoms with Gasteiger partial charge in [-0.25, -0.2) is 4.79 Å². The van der Waals surface area contributed by atoms with Crippen LogP contribution in [0.4, 0.5) is 13.2 Å². The van der Waals surface area contributed by atoms with E-state index in [1.54, 1.807) is 13.0 Å². The third kappa shape index (κ3) is 3.94. The molecule has 3 aromatic rings. The van der Waals surface area contributed by atoms with Crippen molar-refractivity contribution in [3.05, 3.63) is 69.4 Å². The zero-order valence-electron chi connectivity index (χ0n) is 15.2. The fraction of sp³-hybridized carbons (Fsp3) is 0.250. The lowest BCUT2D eigenvalue weighted by Crippen LogP contribution is -2.17. The van der Waals surface area contributed by atoms with Gasteiger partial charge in [0, 0.05) is 5.92 Å². The number of halogens is 3. The monoisotopic (exact) mass is 407 g/mol. The third-order valence-corrected chi connectivity index (χ3v) is 4.77. The van der Waals surface area contributed by atoms with Crippen molar-refractivity contribution >= 4 is 0 Å². The van der Waals surface area contributed by atoms with E-state index in [1.807, 2.05) is 12.1 Å². The largest absolute Gasteiger partial charge is 0.573 e. The number of fused-ring (bicyclic) bond motifs is 1. The Morgan fingerprint density at radius 1 is 1.17 bits per heavy atom. The average Bonchev–Trinajstić information content (AvgIpc) is 3.18. The van der Waals surface area contributed by atoms with Crippen molar-refractivity contribution in [3.63, 3.8) is 0 Å². The molecule has 0 saturated heterocycles. The number of oxazole rings is 1. The highest BCUT2D eigenvalue weighted by Crippen LogP contribution is 2.42. The Morgan fingerprint density at radius 3 is 2.59 bits per heavy atom. The summed E-state index contributed by atoms with van der Waals surface area (Å²) in [6.07, 6.45) is -3.39. The number of hydrogen-bond acceptors (Lipinski definition) is 5. The molecule has 0 saturated carbocycles. The topological polar surface area (TPSA) is 84.7 Å². The Hall–Kier alpha value is -3.36. The van der Waals surface area contributed by atoms with Gasteiger partial charge in [0.15, 0.2) is 5.76 Å². The summed E-state index contributed by atoms with van der Waals surface area (Å²) >= 11 is 0. The normalized spacial score (nSPS) is 15.9. The maximum absolute atomic E-state index is 12.3. The van der Waals surface area contributed by atoms with E-state index < -0.39 is 12.1 Å². The molecule has 1 aromatic heterocycles. The Balaban J connectivity index is 1.55. The molecular weight excluding hydrogens is 391 g/mol. The van der Waals surface area contributed by atoms with E-state index in [0.29, 0.717) is 29.9 Å². The quantitative estimate of drug-likeness (QED) is 0.652. The lowest BCUT2D eigenvalue weighted by molar-refractivity contribution is -0.274. The molecule has 152 valence electrons. The highest BCUT2D eigenvalue weighted by Gasteiger charge is 2.32. The van der Waals surface area contributed by atoms with Gasteiger partial charge < -0.3 is 19.0 Å². The van der Waals surface area contributed by atoms with Crippen molar-refractivity contribution in [2.24, 2.45) is 0 Å². The molecule has 1 aliphatic carbocycles. The Kier molecular flexibility index (Phi) is 4.52. The maximum Gasteiger partial charge on any atom is 0.573 e. The van der Waals surface area contributed by atoms with E-state index in [-0.39, 0.29) is 23.3 Å². The molecule has 1 heterocycles. The maximum atomic E-state index is 12.3. The number of alkyl halides is 3. The molecule has 0 amide bonds. The van der Waals surface area contributed by atoms with Crippen molar-refractivity contribution in [1.29, 1.82) is 0 Å². The predicted molar refractivity (Wildman–Crippen MR) is 95.5 cm³/mol. The van der Waals surface area contributed by atoms with Crippen molar-refractivity contribution in [3.8, 4) is 23.1 Å². The van der Waals surface area contributed by atoms with Gasteiger partial charge in [0.2, 0.25) is 5.88 Å². The average molecular weight is 407 g/mol. The number of rotatable bonds is 4. The summed E-state index contributed by atoms with van der Waals surface area (Å²) in [6.45, 7) is 1.62. The zero-order valence-corrected chi connectivity index (χ0v) is 15.2. The van der Waals surface area contributed by atoms with Gasteiger partial charge in [0.25, 0.3) is 0 Å². The fourth-order valence-electron chi connectivity index (χ4n) is 3.56. The first-order valence-corrected chi connectivity index (χ1v) is 8.78. The Bertz CT molecular complexity index is 1120. The van der Waals surface area contributed by atoms with Crippen LogP contribution in [0.25, 0.3) is 0 Å². The summed E-state index contributed by atoms with van der Waals surface area (Å²) < 4.78 is 51.8. The lowest BCUT2D eigenvalue weighted by atomic mass is 9.99. The SMILES string of the molecule is Cc1cc(OC(F)(F)F)ccc1Oc1ccc2c(c1)CC[C@H]2c1oc(=O)[nH]c1O. The number of nitrogens with one attached hydrogen (secondary N) is 1. The van der Waals surface area contributed by atoms with E-state index in [1.165, 1.54) is 18.2 Å². The van der Waals surface area contributed by atoms with Crippen molar-refractivity contribution in [2.75, 3.05) is 0 Å². The summed E-state index contributed by atoms with van der Waals surface area (Å²) in [7, 11) is 0. The molecule has 1 atom stereocenters. The number of aryl methyl sites for hydroxylation is 2. The van der Waals surface area contributed by atoms with Crippen LogP contribution < -0.4 is 15.2 Å². The first kappa shape index (κ1) is 19.0. The summed E-state index contributed by atoms with van der Waals surface area (Å²) in [5.74, 6) is -0.395. The van der Waals surface area contributed by atoms with E-state index >= 15 is 0 Å². The zero-order chi connectivity index (χ0) is 20.8. The number of H-pyrrole nitrogens is 1. The van der Waals surface area contributed by atoms with Crippen molar-refractivity contribution in [2.45, 2.75) is 32.0 Å². The minimum absolute atomic E-state index is 0.207. The second-order valence-corrected chi connectivity index (χ2v) is 6.76. The van der Waals surface area contributed by atoms with Gasteiger partial charge in [-0.2, -0.15) is 0 Å². The molecule has 9 heteroatoms. The molecule has 2 N–H and O–H groups in total. The molecule has 0 fully saturated rings. The molecule has 0 aliphatic heterocycles. The van der Waals surface area contributed by atoms with Gasteiger partial charge >= 0.3 is 12.1 Å². The Labute approximate surface area is 162 Å². The van der Waals surface area contributed by atoms with Crippen molar-refractivity contribution < 1.29 is 32.2 Å². The second kappa shape index (κ2) is 6.91.